The van der Waals surface area contributed by atoms with Crippen molar-refractivity contribution in [1.29, 1.82) is 0 Å². The number of para-hydroxylation sites is 1. The summed E-state index contributed by atoms with van der Waals surface area (Å²) in [4.78, 5) is 12.8. The normalized spacial score (nSPS) is 12.4. The Balaban J connectivity index is 1.46. The van der Waals surface area contributed by atoms with Crippen molar-refractivity contribution >= 4 is 27.5 Å². The Morgan fingerprint density at radius 1 is 1.14 bits per heavy atom. The number of hydrogen-bond acceptors (Lipinski definition) is 4. The van der Waals surface area contributed by atoms with E-state index < -0.39 is 0 Å². The fourth-order valence-electron chi connectivity index (χ4n) is 2.83. The topological polar surface area (TPSA) is 55.6 Å². The summed E-state index contributed by atoms with van der Waals surface area (Å²) in [5, 5.41) is 4.25. The van der Waals surface area contributed by atoms with E-state index in [1.165, 1.54) is 5.56 Å². The van der Waals surface area contributed by atoms with Gasteiger partial charge in [-0.15, -0.1) is 5.10 Å². The smallest absolute Gasteiger partial charge is 0.240 e. The molecule has 6 heteroatoms. The number of nitrogens with zero attached hydrogens (tertiary/aromatic N) is 2. The van der Waals surface area contributed by atoms with Crippen LogP contribution in [0.3, 0.4) is 0 Å². The molecule has 0 bridgehead atoms. The van der Waals surface area contributed by atoms with Crippen molar-refractivity contribution in [2.75, 3.05) is 6.61 Å². The summed E-state index contributed by atoms with van der Waals surface area (Å²) >= 11 is 1.55. The molecule has 0 saturated heterocycles. The molecule has 5 nitrogen and oxygen atoms in total. The average Bonchev–Trinajstić information content (AvgIpc) is 2.99. The first kappa shape index (κ1) is 20.1. The summed E-state index contributed by atoms with van der Waals surface area (Å²) in [5.74, 6) is 0.722. The zero-order valence-electron chi connectivity index (χ0n) is 16.9. The molecule has 0 aliphatic heterocycles. The number of nitrogens with one attached hydrogen (secondary N) is 1. The first-order chi connectivity index (χ1) is 13.3. The minimum atomic E-state index is -0.107. The van der Waals surface area contributed by atoms with Gasteiger partial charge < -0.3 is 9.30 Å². The third kappa shape index (κ3) is 5.01. The number of carbonyl (C=O) groups is 1. The van der Waals surface area contributed by atoms with Crippen molar-refractivity contribution in [3.63, 3.8) is 0 Å². The Morgan fingerprint density at radius 2 is 1.86 bits per heavy atom. The lowest BCUT2D eigenvalue weighted by atomic mass is 9.87. The largest absolute Gasteiger partial charge is 0.494 e. The van der Waals surface area contributed by atoms with Gasteiger partial charge in [-0.3, -0.25) is 4.79 Å². The first-order valence-electron chi connectivity index (χ1n) is 9.45. The van der Waals surface area contributed by atoms with Crippen LogP contribution in [-0.4, -0.2) is 17.1 Å². The second-order valence-corrected chi connectivity index (χ2v) is 8.79. The number of carbonyl (C=O) groups excluding carboxylic acids is 1. The maximum absolute atomic E-state index is 12.0. The molecular formula is C22H27N3O2S. The highest BCUT2D eigenvalue weighted by atomic mass is 32.1. The minimum Gasteiger partial charge on any atom is -0.494 e. The second-order valence-electron chi connectivity index (χ2n) is 7.78. The van der Waals surface area contributed by atoms with Gasteiger partial charge in [0.1, 0.15) is 5.75 Å². The molecule has 1 N–H and O–H groups in total. The lowest BCUT2D eigenvalue weighted by molar-refractivity contribution is -0.121. The Bertz CT molecular complexity index is 1010. The summed E-state index contributed by atoms with van der Waals surface area (Å²) in [6.45, 7) is 7.06. The number of fused-ring (bicyclic) bond motifs is 1. The number of ether oxygens (including phenoxy) is 1. The predicted molar refractivity (Wildman–Crippen MR) is 114 cm³/mol. The SMILES string of the molecule is Cn1/c(=N/NC(=O)CCCOc2ccc(C(C)(C)C)cc2)sc2ccccc21. The van der Waals surface area contributed by atoms with Gasteiger partial charge in [-0.25, -0.2) is 5.43 Å². The molecule has 0 unspecified atom stereocenters. The summed E-state index contributed by atoms with van der Waals surface area (Å²) < 4.78 is 8.85. The molecule has 1 heterocycles. The van der Waals surface area contributed by atoms with Crippen LogP contribution in [0, 0.1) is 0 Å². The Morgan fingerprint density at radius 3 is 2.54 bits per heavy atom. The van der Waals surface area contributed by atoms with Crippen molar-refractivity contribution in [2.45, 2.75) is 39.0 Å². The Kier molecular flexibility index (Phi) is 6.19. The van der Waals surface area contributed by atoms with Crippen molar-refractivity contribution in [1.82, 2.24) is 9.99 Å². The molecule has 3 rings (SSSR count). The van der Waals surface area contributed by atoms with Gasteiger partial charge >= 0.3 is 0 Å². The molecule has 0 radical (unpaired) electrons. The van der Waals surface area contributed by atoms with Gasteiger partial charge in [-0.05, 0) is 41.7 Å². The average molecular weight is 398 g/mol. The maximum Gasteiger partial charge on any atom is 0.240 e. The lowest BCUT2D eigenvalue weighted by Crippen LogP contribution is -2.23. The fourth-order valence-corrected chi connectivity index (χ4v) is 3.81. The van der Waals surface area contributed by atoms with E-state index in [1.54, 1.807) is 11.3 Å². The van der Waals surface area contributed by atoms with Gasteiger partial charge in [0.25, 0.3) is 0 Å². The standard InChI is InChI=1S/C22H27N3O2S/c1-22(2,3)16-11-13-17(14-12-16)27-15-7-10-20(26)23-24-21-25(4)18-8-5-6-9-19(18)28-21/h5-6,8-9,11-14H,7,10,15H2,1-4H3,(H,23,26)/b24-21-. The van der Waals surface area contributed by atoms with E-state index in [2.05, 4.69) is 43.4 Å². The van der Waals surface area contributed by atoms with Crippen LogP contribution in [0.1, 0.15) is 39.2 Å². The van der Waals surface area contributed by atoms with E-state index in [1.807, 2.05) is 48.0 Å². The number of aryl methyl sites for hydroxylation is 1. The Hall–Kier alpha value is -2.60. The van der Waals surface area contributed by atoms with E-state index in [9.17, 15) is 4.79 Å². The molecule has 28 heavy (non-hydrogen) atoms. The summed E-state index contributed by atoms with van der Waals surface area (Å²) in [6, 6.07) is 16.2. The van der Waals surface area contributed by atoms with Crippen molar-refractivity contribution in [3.8, 4) is 5.75 Å². The fraction of sp³-hybridized carbons (Fsp3) is 0.364. The monoisotopic (exact) mass is 397 g/mol. The molecule has 0 spiro atoms. The highest BCUT2D eigenvalue weighted by Crippen LogP contribution is 2.24. The van der Waals surface area contributed by atoms with E-state index in [0.717, 1.165) is 20.8 Å². The second kappa shape index (κ2) is 8.61. The molecule has 0 fully saturated rings. The third-order valence-corrected chi connectivity index (χ3v) is 5.64. The quantitative estimate of drug-likeness (QED) is 0.497. The third-order valence-electron chi connectivity index (χ3n) is 4.53. The zero-order chi connectivity index (χ0) is 20.1. The first-order valence-corrected chi connectivity index (χ1v) is 10.3. The van der Waals surface area contributed by atoms with Gasteiger partial charge in [-0.2, -0.15) is 0 Å². The maximum atomic E-state index is 12.0. The van der Waals surface area contributed by atoms with Crippen molar-refractivity contribution in [2.24, 2.45) is 12.1 Å². The number of amides is 1. The summed E-state index contributed by atoms with van der Waals surface area (Å²) in [5.41, 5.74) is 5.15. The lowest BCUT2D eigenvalue weighted by Gasteiger charge is -2.19. The predicted octanol–water partition coefficient (Wildman–Crippen LogP) is 4.33. The molecule has 2 aromatic carbocycles. The van der Waals surface area contributed by atoms with Crippen molar-refractivity contribution in [3.05, 3.63) is 58.9 Å². The van der Waals surface area contributed by atoms with Crippen LogP contribution in [0.4, 0.5) is 0 Å². The number of rotatable bonds is 6. The van der Waals surface area contributed by atoms with Crippen LogP contribution in [0.15, 0.2) is 53.6 Å². The number of benzene rings is 2. The van der Waals surface area contributed by atoms with E-state index in [0.29, 0.717) is 19.4 Å². The highest BCUT2D eigenvalue weighted by molar-refractivity contribution is 7.16. The number of aromatic nitrogens is 1. The summed E-state index contributed by atoms with van der Waals surface area (Å²) in [7, 11) is 1.95. The number of thiazole rings is 1. The van der Waals surface area contributed by atoms with E-state index in [4.69, 9.17) is 4.74 Å². The molecule has 0 atom stereocenters. The zero-order valence-corrected chi connectivity index (χ0v) is 17.7. The van der Waals surface area contributed by atoms with Gasteiger partial charge in [0.05, 0.1) is 16.8 Å². The molecule has 0 aliphatic rings. The van der Waals surface area contributed by atoms with Gasteiger partial charge in [0.2, 0.25) is 10.7 Å². The molecule has 1 amide bonds. The van der Waals surface area contributed by atoms with Crippen LogP contribution in [0.5, 0.6) is 5.75 Å². The molecule has 0 saturated carbocycles. The van der Waals surface area contributed by atoms with Gasteiger partial charge in [0, 0.05) is 13.5 Å². The van der Waals surface area contributed by atoms with Gasteiger partial charge in [-0.1, -0.05) is 56.4 Å². The summed E-state index contributed by atoms with van der Waals surface area (Å²) in [6.07, 6.45) is 1.01. The molecular weight excluding hydrogens is 370 g/mol. The van der Waals surface area contributed by atoms with Crippen LogP contribution in [0.25, 0.3) is 10.2 Å². The van der Waals surface area contributed by atoms with Crippen LogP contribution >= 0.6 is 11.3 Å². The van der Waals surface area contributed by atoms with Crippen LogP contribution < -0.4 is 15.0 Å². The molecule has 148 valence electrons. The molecule has 0 aliphatic carbocycles. The van der Waals surface area contributed by atoms with Crippen LogP contribution in [-0.2, 0) is 17.3 Å². The highest BCUT2D eigenvalue weighted by Gasteiger charge is 2.13. The molecule has 3 aromatic rings. The minimum absolute atomic E-state index is 0.107. The molecule has 1 aromatic heterocycles. The van der Waals surface area contributed by atoms with Gasteiger partial charge in [0.15, 0.2) is 0 Å². The number of hydrogen-bond donors (Lipinski definition) is 1. The van der Waals surface area contributed by atoms with E-state index in [-0.39, 0.29) is 11.3 Å². The van der Waals surface area contributed by atoms with Crippen LogP contribution in [0.2, 0.25) is 0 Å². The Labute approximate surface area is 169 Å². The van der Waals surface area contributed by atoms with E-state index >= 15 is 0 Å². The van der Waals surface area contributed by atoms with Crippen molar-refractivity contribution < 1.29 is 9.53 Å².